The van der Waals surface area contributed by atoms with Gasteiger partial charge in [-0.15, -0.1) is 6.58 Å². The van der Waals surface area contributed by atoms with Gasteiger partial charge in [-0.05, 0) is 79.4 Å². The molecule has 0 aliphatic heterocycles. The van der Waals surface area contributed by atoms with Crippen LogP contribution in [0.5, 0.6) is 0 Å². The quantitative estimate of drug-likeness (QED) is 0.507. The van der Waals surface area contributed by atoms with Gasteiger partial charge in [-0.3, -0.25) is 0 Å². The van der Waals surface area contributed by atoms with E-state index in [4.69, 9.17) is 0 Å². The van der Waals surface area contributed by atoms with Crippen molar-refractivity contribution in [3.05, 3.63) is 24.3 Å². The number of rotatable bonds is 1. The Kier molecular flexibility index (Phi) is 3.18. The maximum atomic E-state index is 4.14. The summed E-state index contributed by atoms with van der Waals surface area (Å²) in [6.07, 6.45) is 18.1. The summed E-state index contributed by atoms with van der Waals surface area (Å²) in [7, 11) is 0. The summed E-state index contributed by atoms with van der Waals surface area (Å²) >= 11 is 0. The number of hydrogen-bond acceptors (Lipinski definition) is 0. The van der Waals surface area contributed by atoms with E-state index >= 15 is 0 Å². The van der Waals surface area contributed by atoms with Crippen LogP contribution < -0.4 is 0 Å². The molecule has 0 aromatic carbocycles. The van der Waals surface area contributed by atoms with Crippen LogP contribution in [0.1, 0.15) is 71.6 Å². The summed E-state index contributed by atoms with van der Waals surface area (Å²) < 4.78 is 0. The van der Waals surface area contributed by atoms with Crippen LogP contribution in [0, 0.1) is 34.5 Å². The molecular weight excluding hydrogens is 252 g/mol. The second-order valence-electron chi connectivity index (χ2n) is 8.94. The van der Waals surface area contributed by atoms with Gasteiger partial charge in [0.25, 0.3) is 0 Å². The Hall–Kier alpha value is -0.520. The number of allylic oxidation sites excluding steroid dienone is 3. The normalized spacial score (nSPS) is 52.4. The van der Waals surface area contributed by atoms with E-state index < -0.39 is 0 Å². The van der Waals surface area contributed by atoms with Crippen molar-refractivity contribution >= 4 is 0 Å². The van der Waals surface area contributed by atoms with Crippen molar-refractivity contribution in [3.63, 3.8) is 0 Å². The SMILES string of the molecule is C=C[C@H]1CC[C@H]2[C@@H]3CCC4CCCC[C@]4(C)C3=CC[C@]12C. The van der Waals surface area contributed by atoms with Crippen LogP contribution in [-0.4, -0.2) is 0 Å². The van der Waals surface area contributed by atoms with Gasteiger partial charge in [-0.1, -0.05) is 44.4 Å². The highest BCUT2D eigenvalue weighted by Crippen LogP contribution is 2.65. The molecule has 116 valence electrons. The van der Waals surface area contributed by atoms with Crippen LogP contribution in [0.25, 0.3) is 0 Å². The van der Waals surface area contributed by atoms with Crippen LogP contribution in [-0.2, 0) is 0 Å². The van der Waals surface area contributed by atoms with Crippen molar-refractivity contribution in [1.29, 1.82) is 0 Å². The molecule has 0 saturated heterocycles. The van der Waals surface area contributed by atoms with Gasteiger partial charge in [-0.2, -0.15) is 0 Å². The molecule has 6 atom stereocenters. The summed E-state index contributed by atoms with van der Waals surface area (Å²) in [5.74, 6) is 3.61. The van der Waals surface area contributed by atoms with Gasteiger partial charge in [-0.25, -0.2) is 0 Å². The van der Waals surface area contributed by atoms with E-state index in [2.05, 4.69) is 32.6 Å². The summed E-state index contributed by atoms with van der Waals surface area (Å²) in [4.78, 5) is 0. The van der Waals surface area contributed by atoms with Crippen molar-refractivity contribution in [3.8, 4) is 0 Å². The van der Waals surface area contributed by atoms with E-state index in [0.29, 0.717) is 10.8 Å². The molecule has 0 heteroatoms. The molecule has 1 unspecified atom stereocenters. The van der Waals surface area contributed by atoms with E-state index in [1.807, 2.05) is 5.57 Å². The average molecular weight is 284 g/mol. The van der Waals surface area contributed by atoms with Gasteiger partial charge in [0.1, 0.15) is 0 Å². The van der Waals surface area contributed by atoms with E-state index in [0.717, 1.165) is 23.7 Å². The van der Waals surface area contributed by atoms with Crippen LogP contribution in [0.4, 0.5) is 0 Å². The molecule has 4 aliphatic carbocycles. The highest BCUT2D eigenvalue weighted by atomic mass is 14.6. The Labute approximate surface area is 131 Å². The Morgan fingerprint density at radius 3 is 2.76 bits per heavy atom. The van der Waals surface area contributed by atoms with E-state index in [9.17, 15) is 0 Å². The van der Waals surface area contributed by atoms with Crippen molar-refractivity contribution < 1.29 is 0 Å². The summed E-state index contributed by atoms with van der Waals surface area (Å²) in [5.41, 5.74) is 2.99. The van der Waals surface area contributed by atoms with Crippen LogP contribution in [0.3, 0.4) is 0 Å². The lowest BCUT2D eigenvalue weighted by molar-refractivity contribution is 0.0363. The number of fused-ring (bicyclic) bond motifs is 5. The minimum absolute atomic E-state index is 0.522. The Balaban J connectivity index is 1.71. The van der Waals surface area contributed by atoms with Gasteiger partial charge in [0.2, 0.25) is 0 Å². The molecule has 4 rings (SSSR count). The molecular formula is C21H32. The summed E-state index contributed by atoms with van der Waals surface area (Å²) in [6.45, 7) is 9.33. The van der Waals surface area contributed by atoms with Gasteiger partial charge < -0.3 is 0 Å². The summed E-state index contributed by atoms with van der Waals surface area (Å²) in [5, 5.41) is 0. The molecule has 0 nitrogen and oxygen atoms in total. The predicted molar refractivity (Wildman–Crippen MR) is 90.0 cm³/mol. The van der Waals surface area contributed by atoms with Crippen molar-refractivity contribution in [2.45, 2.75) is 71.6 Å². The predicted octanol–water partition coefficient (Wildman–Crippen LogP) is 6.14. The standard InChI is InChI=1S/C21H32/c1-4-15-9-11-18-17-10-8-16-7-5-6-13-20(16,2)19(17)12-14-21(15,18)3/h4,12,15-18H,1,5-11,13-14H2,2-3H3/t15-,16?,17-,18-,20-,21+/m0/s1. The lowest BCUT2D eigenvalue weighted by Gasteiger charge is -2.56. The third-order valence-corrected chi connectivity index (χ3v) is 8.30. The third-order valence-electron chi connectivity index (χ3n) is 8.30. The molecule has 4 aliphatic rings. The van der Waals surface area contributed by atoms with Gasteiger partial charge in [0.15, 0.2) is 0 Å². The molecule has 0 amide bonds. The molecule has 21 heavy (non-hydrogen) atoms. The first-order chi connectivity index (χ1) is 10.1. The minimum atomic E-state index is 0.522. The Bertz CT molecular complexity index is 472. The maximum Gasteiger partial charge on any atom is -0.00853 e. The van der Waals surface area contributed by atoms with Crippen molar-refractivity contribution in [2.75, 3.05) is 0 Å². The van der Waals surface area contributed by atoms with Crippen molar-refractivity contribution in [2.24, 2.45) is 34.5 Å². The van der Waals surface area contributed by atoms with Gasteiger partial charge in [0, 0.05) is 0 Å². The van der Waals surface area contributed by atoms with Crippen LogP contribution >= 0.6 is 0 Å². The monoisotopic (exact) mass is 284 g/mol. The van der Waals surface area contributed by atoms with Gasteiger partial charge in [0.05, 0.1) is 0 Å². The fourth-order valence-corrected chi connectivity index (χ4v) is 6.98. The second-order valence-corrected chi connectivity index (χ2v) is 8.94. The second kappa shape index (κ2) is 4.74. The largest absolute Gasteiger partial charge is 0.103 e. The Morgan fingerprint density at radius 2 is 1.95 bits per heavy atom. The fraction of sp³-hybridized carbons (Fsp3) is 0.810. The first-order valence-corrected chi connectivity index (χ1v) is 9.42. The zero-order valence-electron chi connectivity index (χ0n) is 14.0. The summed E-state index contributed by atoms with van der Waals surface area (Å²) in [6, 6.07) is 0. The topological polar surface area (TPSA) is 0 Å². The smallest absolute Gasteiger partial charge is 0.00853 e. The molecule has 3 fully saturated rings. The Morgan fingerprint density at radius 1 is 1.10 bits per heavy atom. The molecule has 0 aromatic rings. The van der Waals surface area contributed by atoms with Crippen LogP contribution in [0.2, 0.25) is 0 Å². The van der Waals surface area contributed by atoms with Gasteiger partial charge >= 0.3 is 0 Å². The zero-order valence-corrected chi connectivity index (χ0v) is 14.0. The van der Waals surface area contributed by atoms with E-state index in [1.54, 1.807) is 0 Å². The lowest BCUT2D eigenvalue weighted by Crippen LogP contribution is -2.46. The van der Waals surface area contributed by atoms with E-state index in [-0.39, 0.29) is 0 Å². The number of hydrogen-bond donors (Lipinski definition) is 0. The van der Waals surface area contributed by atoms with Crippen molar-refractivity contribution in [1.82, 2.24) is 0 Å². The molecule has 0 spiro atoms. The fourth-order valence-electron chi connectivity index (χ4n) is 6.98. The third kappa shape index (κ3) is 1.80. The molecule has 0 aromatic heterocycles. The maximum absolute atomic E-state index is 4.14. The minimum Gasteiger partial charge on any atom is -0.103 e. The first-order valence-electron chi connectivity index (χ1n) is 9.42. The van der Waals surface area contributed by atoms with E-state index in [1.165, 1.54) is 57.8 Å². The molecule has 0 radical (unpaired) electrons. The van der Waals surface area contributed by atoms with Crippen LogP contribution in [0.15, 0.2) is 24.3 Å². The lowest BCUT2D eigenvalue weighted by atomic mass is 9.49. The first kappa shape index (κ1) is 14.1. The molecule has 0 bridgehead atoms. The highest BCUT2D eigenvalue weighted by molar-refractivity contribution is 5.29. The molecule has 3 saturated carbocycles. The molecule has 0 N–H and O–H groups in total. The average Bonchev–Trinajstić information content (AvgIpc) is 2.83. The zero-order chi connectivity index (χ0) is 14.7. The molecule has 0 heterocycles. The highest BCUT2D eigenvalue weighted by Gasteiger charge is 2.55.